The van der Waals surface area contributed by atoms with E-state index in [0.717, 1.165) is 11.1 Å². The number of nitriles is 1. The molecule has 0 radical (unpaired) electrons. The van der Waals surface area contributed by atoms with E-state index in [9.17, 15) is 8.42 Å². The summed E-state index contributed by atoms with van der Waals surface area (Å²) in [7, 11) is -4.04. The largest absolute Gasteiger partial charge is 0.377 e. The maximum Gasteiger partial charge on any atom is 0.339 e. The van der Waals surface area contributed by atoms with Crippen LogP contribution in [0.3, 0.4) is 0 Å². The number of nitrogens with zero attached hydrogens (tertiary/aromatic N) is 2. The van der Waals surface area contributed by atoms with Gasteiger partial charge in [-0.2, -0.15) is 13.7 Å². The van der Waals surface area contributed by atoms with Gasteiger partial charge >= 0.3 is 10.1 Å². The number of rotatable bonds is 3. The molecular formula is C17H12N2O3S. The van der Waals surface area contributed by atoms with Gasteiger partial charge in [0, 0.05) is 11.1 Å². The second-order valence-electron chi connectivity index (χ2n) is 4.96. The Morgan fingerprint density at radius 1 is 1.09 bits per heavy atom. The Kier molecular flexibility index (Phi) is 3.72. The van der Waals surface area contributed by atoms with E-state index in [4.69, 9.17) is 9.44 Å². The third kappa shape index (κ3) is 3.00. The van der Waals surface area contributed by atoms with Crippen molar-refractivity contribution in [2.75, 3.05) is 0 Å². The van der Waals surface area contributed by atoms with Gasteiger partial charge in [-0.05, 0) is 37.3 Å². The summed E-state index contributed by atoms with van der Waals surface area (Å²) in [5.41, 5.74) is 1.49. The SMILES string of the molecule is Cc1ccc2cccc(OS(=O)(=O)c3cccc(C#N)c3)c2n1. The van der Waals surface area contributed by atoms with Crippen LogP contribution in [-0.4, -0.2) is 13.4 Å². The van der Waals surface area contributed by atoms with E-state index in [1.165, 1.54) is 24.3 Å². The van der Waals surface area contributed by atoms with Crippen molar-refractivity contribution >= 4 is 21.0 Å². The molecule has 0 aliphatic heterocycles. The summed E-state index contributed by atoms with van der Waals surface area (Å²) in [5.74, 6) is 0.161. The van der Waals surface area contributed by atoms with Gasteiger partial charge in [-0.1, -0.05) is 24.3 Å². The lowest BCUT2D eigenvalue weighted by Gasteiger charge is -2.09. The lowest BCUT2D eigenvalue weighted by molar-refractivity contribution is 0.488. The molecule has 1 aromatic heterocycles. The lowest BCUT2D eigenvalue weighted by atomic mass is 10.2. The Morgan fingerprint density at radius 2 is 1.87 bits per heavy atom. The van der Waals surface area contributed by atoms with E-state index in [2.05, 4.69) is 4.98 Å². The summed E-state index contributed by atoms with van der Waals surface area (Å²) in [5, 5.41) is 9.68. The fraction of sp³-hybridized carbons (Fsp3) is 0.0588. The predicted octanol–water partition coefficient (Wildman–Crippen LogP) is 3.18. The number of hydrogen-bond acceptors (Lipinski definition) is 5. The maximum atomic E-state index is 12.4. The Labute approximate surface area is 133 Å². The lowest BCUT2D eigenvalue weighted by Crippen LogP contribution is -2.10. The zero-order chi connectivity index (χ0) is 16.4. The molecule has 0 fully saturated rings. The van der Waals surface area contributed by atoms with Gasteiger partial charge in [0.05, 0.1) is 11.6 Å². The van der Waals surface area contributed by atoms with Crippen molar-refractivity contribution < 1.29 is 12.6 Å². The summed E-state index contributed by atoms with van der Waals surface area (Å²) in [4.78, 5) is 4.28. The topological polar surface area (TPSA) is 80.0 Å². The first-order chi connectivity index (χ1) is 11.0. The molecule has 0 saturated heterocycles. The average Bonchev–Trinajstić information content (AvgIpc) is 2.55. The third-order valence-corrected chi connectivity index (χ3v) is 4.50. The molecule has 5 nitrogen and oxygen atoms in total. The van der Waals surface area contributed by atoms with E-state index in [1.54, 1.807) is 12.1 Å². The highest BCUT2D eigenvalue weighted by molar-refractivity contribution is 7.87. The molecular weight excluding hydrogens is 312 g/mol. The molecule has 0 aliphatic rings. The summed E-state index contributed by atoms with van der Waals surface area (Å²) in [6, 6.07) is 16.4. The van der Waals surface area contributed by atoms with E-state index < -0.39 is 10.1 Å². The van der Waals surface area contributed by atoms with Gasteiger partial charge < -0.3 is 4.18 Å². The Balaban J connectivity index is 2.07. The van der Waals surface area contributed by atoms with Crippen molar-refractivity contribution in [3.8, 4) is 11.8 Å². The van der Waals surface area contributed by atoms with Crippen molar-refractivity contribution in [3.05, 3.63) is 65.9 Å². The molecule has 3 rings (SSSR count). The van der Waals surface area contributed by atoms with E-state index in [-0.39, 0.29) is 16.2 Å². The minimum atomic E-state index is -4.04. The van der Waals surface area contributed by atoms with Gasteiger partial charge in [0.15, 0.2) is 5.75 Å². The van der Waals surface area contributed by atoms with Gasteiger partial charge in [0.1, 0.15) is 10.4 Å². The Bertz CT molecular complexity index is 1040. The summed E-state index contributed by atoms with van der Waals surface area (Å²) in [6.45, 7) is 1.82. The van der Waals surface area contributed by atoms with Gasteiger partial charge in [-0.25, -0.2) is 4.98 Å². The van der Waals surface area contributed by atoms with Gasteiger partial charge in [0.25, 0.3) is 0 Å². The zero-order valence-corrected chi connectivity index (χ0v) is 13.0. The van der Waals surface area contributed by atoms with E-state index in [0.29, 0.717) is 5.52 Å². The second-order valence-corrected chi connectivity index (χ2v) is 6.50. The Morgan fingerprint density at radius 3 is 2.65 bits per heavy atom. The normalized spacial score (nSPS) is 11.1. The summed E-state index contributed by atoms with van der Waals surface area (Å²) < 4.78 is 30.1. The maximum absolute atomic E-state index is 12.4. The highest BCUT2D eigenvalue weighted by Crippen LogP contribution is 2.27. The molecule has 0 atom stereocenters. The van der Waals surface area contributed by atoms with Gasteiger partial charge in [0.2, 0.25) is 0 Å². The van der Waals surface area contributed by atoms with E-state index >= 15 is 0 Å². The molecule has 0 aliphatic carbocycles. The second kappa shape index (κ2) is 5.71. The van der Waals surface area contributed by atoms with Crippen LogP contribution in [0.15, 0.2) is 59.5 Å². The highest BCUT2D eigenvalue weighted by Gasteiger charge is 2.19. The van der Waals surface area contributed by atoms with Crippen molar-refractivity contribution in [2.24, 2.45) is 0 Å². The number of pyridine rings is 1. The molecule has 2 aromatic carbocycles. The average molecular weight is 324 g/mol. The molecule has 0 spiro atoms. The number of aromatic nitrogens is 1. The van der Waals surface area contributed by atoms with Crippen LogP contribution in [0.1, 0.15) is 11.3 Å². The van der Waals surface area contributed by atoms with Crippen LogP contribution >= 0.6 is 0 Å². The fourth-order valence-corrected chi connectivity index (χ4v) is 3.16. The van der Waals surface area contributed by atoms with E-state index in [1.807, 2.05) is 31.2 Å². The highest BCUT2D eigenvalue weighted by atomic mass is 32.2. The van der Waals surface area contributed by atoms with Crippen LogP contribution < -0.4 is 4.18 Å². The molecule has 6 heteroatoms. The zero-order valence-electron chi connectivity index (χ0n) is 12.2. The Hall–Kier alpha value is -2.91. The van der Waals surface area contributed by atoms with Crippen LogP contribution in [-0.2, 0) is 10.1 Å². The molecule has 23 heavy (non-hydrogen) atoms. The number of aryl methyl sites for hydroxylation is 1. The third-order valence-electron chi connectivity index (χ3n) is 3.27. The molecule has 0 bridgehead atoms. The minimum absolute atomic E-state index is 0.0683. The monoisotopic (exact) mass is 324 g/mol. The molecule has 114 valence electrons. The predicted molar refractivity (Wildman–Crippen MR) is 85.5 cm³/mol. The quantitative estimate of drug-likeness (QED) is 0.691. The van der Waals surface area contributed by atoms with Gasteiger partial charge in [-0.15, -0.1) is 0 Å². The van der Waals surface area contributed by atoms with Crippen LogP contribution in [0.4, 0.5) is 0 Å². The number of fused-ring (bicyclic) bond motifs is 1. The molecule has 0 unspecified atom stereocenters. The molecule has 0 amide bonds. The first-order valence-electron chi connectivity index (χ1n) is 6.81. The van der Waals surface area contributed by atoms with Crippen molar-refractivity contribution in [2.45, 2.75) is 11.8 Å². The standard InChI is InChI=1S/C17H12N2O3S/c1-12-8-9-14-5-3-7-16(17(14)19-12)22-23(20,21)15-6-2-4-13(10-15)11-18/h2-10H,1H3. The smallest absolute Gasteiger partial charge is 0.339 e. The molecule has 0 N–H and O–H groups in total. The summed E-state index contributed by atoms with van der Waals surface area (Å²) in [6.07, 6.45) is 0. The van der Waals surface area contributed by atoms with Crippen LogP contribution in [0, 0.1) is 18.3 Å². The first-order valence-corrected chi connectivity index (χ1v) is 8.21. The number of para-hydroxylation sites is 1. The summed E-state index contributed by atoms with van der Waals surface area (Å²) >= 11 is 0. The van der Waals surface area contributed by atoms with Crippen LogP contribution in [0.2, 0.25) is 0 Å². The first kappa shape index (κ1) is 15.0. The fourth-order valence-electron chi connectivity index (χ4n) is 2.17. The number of benzene rings is 2. The minimum Gasteiger partial charge on any atom is -0.377 e. The van der Waals surface area contributed by atoms with Crippen molar-refractivity contribution in [1.82, 2.24) is 4.98 Å². The van der Waals surface area contributed by atoms with Crippen LogP contribution in [0.5, 0.6) is 5.75 Å². The molecule has 3 aromatic rings. The molecule has 1 heterocycles. The molecule has 0 saturated carbocycles. The number of hydrogen-bond donors (Lipinski definition) is 0. The van der Waals surface area contributed by atoms with Crippen molar-refractivity contribution in [3.63, 3.8) is 0 Å². The van der Waals surface area contributed by atoms with Gasteiger partial charge in [-0.3, -0.25) is 0 Å². The van der Waals surface area contributed by atoms with Crippen molar-refractivity contribution in [1.29, 1.82) is 5.26 Å². The van der Waals surface area contributed by atoms with Crippen LogP contribution in [0.25, 0.3) is 10.9 Å².